The molecule has 2 heterocycles. The van der Waals surface area contributed by atoms with Crippen molar-refractivity contribution >= 4 is 34.5 Å². The first kappa shape index (κ1) is 19.0. The molecule has 1 amide bonds. The standard InChI is InChI=1S/C15H14F3N5O3S/c1-22-11(24)9-4-2-3-5-10(9)23-12(22)20-21-13(23)27-7-6-19-14(25)26-8-15(16,17)18/h2-5H,6-8H2,1H3,(H,19,25). The molecule has 3 rings (SSSR count). The van der Waals surface area contributed by atoms with E-state index >= 15 is 0 Å². The van der Waals surface area contributed by atoms with E-state index in [4.69, 9.17) is 0 Å². The van der Waals surface area contributed by atoms with Gasteiger partial charge in [0.25, 0.3) is 5.56 Å². The first-order valence-electron chi connectivity index (χ1n) is 7.71. The van der Waals surface area contributed by atoms with Crippen LogP contribution in [0.5, 0.6) is 0 Å². The number of para-hydroxylation sites is 1. The minimum atomic E-state index is -4.57. The summed E-state index contributed by atoms with van der Waals surface area (Å²) in [5.74, 6) is 0.678. The fraction of sp³-hybridized carbons (Fsp3) is 0.333. The summed E-state index contributed by atoms with van der Waals surface area (Å²) in [6.07, 6.45) is -5.71. The molecule has 0 fully saturated rings. The number of alkyl carbamates (subject to hydrolysis) is 1. The van der Waals surface area contributed by atoms with E-state index < -0.39 is 18.9 Å². The summed E-state index contributed by atoms with van der Waals surface area (Å²) >= 11 is 1.23. The number of amides is 1. The lowest BCUT2D eigenvalue weighted by Gasteiger charge is -2.09. The van der Waals surface area contributed by atoms with Crippen LogP contribution in [0.15, 0.2) is 34.2 Å². The van der Waals surface area contributed by atoms with E-state index in [-0.39, 0.29) is 12.1 Å². The molecule has 0 aliphatic carbocycles. The van der Waals surface area contributed by atoms with Crippen LogP contribution in [0.4, 0.5) is 18.0 Å². The lowest BCUT2D eigenvalue weighted by atomic mass is 10.2. The second kappa shape index (κ2) is 7.47. The predicted molar refractivity (Wildman–Crippen MR) is 91.9 cm³/mol. The van der Waals surface area contributed by atoms with Crippen molar-refractivity contribution in [2.75, 3.05) is 18.9 Å². The van der Waals surface area contributed by atoms with Gasteiger partial charge in [-0.3, -0.25) is 13.8 Å². The molecule has 0 bridgehead atoms. The van der Waals surface area contributed by atoms with Crippen LogP contribution in [0.1, 0.15) is 0 Å². The van der Waals surface area contributed by atoms with Gasteiger partial charge in [0, 0.05) is 19.3 Å². The number of carbonyl (C=O) groups excluding carboxylic acids is 1. The summed E-state index contributed by atoms with van der Waals surface area (Å²) < 4.78 is 43.1. The molecule has 12 heteroatoms. The third-order valence-corrected chi connectivity index (χ3v) is 4.50. The van der Waals surface area contributed by atoms with Gasteiger partial charge in [0.1, 0.15) is 0 Å². The monoisotopic (exact) mass is 401 g/mol. The molecule has 0 aliphatic rings. The highest BCUT2D eigenvalue weighted by Crippen LogP contribution is 2.20. The number of aromatic nitrogens is 4. The fourth-order valence-electron chi connectivity index (χ4n) is 2.40. The van der Waals surface area contributed by atoms with Gasteiger partial charge in [0.15, 0.2) is 11.8 Å². The van der Waals surface area contributed by atoms with E-state index in [0.29, 0.717) is 27.6 Å². The van der Waals surface area contributed by atoms with Crippen molar-refractivity contribution in [3.05, 3.63) is 34.6 Å². The Morgan fingerprint density at radius 3 is 2.78 bits per heavy atom. The number of ether oxygens (including phenoxy) is 1. The molecular formula is C15H14F3N5O3S. The maximum Gasteiger partial charge on any atom is 0.422 e. The van der Waals surface area contributed by atoms with E-state index in [1.807, 2.05) is 0 Å². The first-order chi connectivity index (χ1) is 12.8. The Morgan fingerprint density at radius 1 is 1.30 bits per heavy atom. The van der Waals surface area contributed by atoms with Crippen molar-refractivity contribution in [2.24, 2.45) is 7.05 Å². The summed E-state index contributed by atoms with van der Waals surface area (Å²) in [5.41, 5.74) is 0.441. The van der Waals surface area contributed by atoms with Crippen molar-refractivity contribution in [3.63, 3.8) is 0 Å². The van der Waals surface area contributed by atoms with Gasteiger partial charge in [-0.1, -0.05) is 23.9 Å². The van der Waals surface area contributed by atoms with Crippen LogP contribution in [0, 0.1) is 0 Å². The number of thioether (sulfide) groups is 1. The maximum absolute atomic E-state index is 12.4. The SMILES string of the molecule is Cn1c(=O)c2ccccc2n2c(SCCNC(=O)OCC(F)(F)F)nnc12. The molecular weight excluding hydrogens is 387 g/mol. The number of carbonyl (C=O) groups is 1. The van der Waals surface area contributed by atoms with Gasteiger partial charge in [0.05, 0.1) is 10.9 Å². The highest BCUT2D eigenvalue weighted by atomic mass is 32.2. The third-order valence-electron chi connectivity index (χ3n) is 3.57. The Morgan fingerprint density at radius 2 is 2.04 bits per heavy atom. The molecule has 3 aromatic rings. The van der Waals surface area contributed by atoms with Crippen LogP contribution in [0.3, 0.4) is 0 Å². The molecule has 0 atom stereocenters. The minimum absolute atomic E-state index is 0.0694. The number of rotatable bonds is 5. The minimum Gasteiger partial charge on any atom is -0.440 e. The van der Waals surface area contributed by atoms with Crippen LogP contribution >= 0.6 is 11.8 Å². The molecule has 0 aliphatic heterocycles. The van der Waals surface area contributed by atoms with Gasteiger partial charge in [-0.05, 0) is 12.1 Å². The Bertz CT molecular complexity index is 1050. The topological polar surface area (TPSA) is 90.5 Å². The number of benzene rings is 1. The molecule has 8 nitrogen and oxygen atoms in total. The van der Waals surface area contributed by atoms with Gasteiger partial charge in [-0.2, -0.15) is 13.2 Å². The summed E-state index contributed by atoms with van der Waals surface area (Å²) in [6, 6.07) is 7.00. The molecule has 0 radical (unpaired) electrons. The average molecular weight is 401 g/mol. The summed E-state index contributed by atoms with van der Waals surface area (Å²) in [5, 5.41) is 11.3. The lowest BCUT2D eigenvalue weighted by Crippen LogP contribution is -2.30. The van der Waals surface area contributed by atoms with Gasteiger partial charge >= 0.3 is 12.3 Å². The average Bonchev–Trinajstić information content (AvgIpc) is 3.05. The Balaban J connectivity index is 1.70. The zero-order valence-electron chi connectivity index (χ0n) is 14.0. The molecule has 1 aromatic carbocycles. The van der Waals surface area contributed by atoms with Crippen molar-refractivity contribution in [1.29, 1.82) is 0 Å². The van der Waals surface area contributed by atoms with Gasteiger partial charge in [-0.15, -0.1) is 10.2 Å². The van der Waals surface area contributed by atoms with E-state index in [0.717, 1.165) is 0 Å². The number of hydrogen-bond donors (Lipinski definition) is 1. The largest absolute Gasteiger partial charge is 0.440 e. The zero-order chi connectivity index (χ0) is 19.6. The number of hydrogen-bond acceptors (Lipinski definition) is 6. The highest BCUT2D eigenvalue weighted by Gasteiger charge is 2.29. The number of nitrogens with zero attached hydrogens (tertiary/aromatic N) is 4. The highest BCUT2D eigenvalue weighted by molar-refractivity contribution is 7.99. The van der Waals surface area contributed by atoms with Crippen molar-refractivity contribution < 1.29 is 22.7 Å². The Kier molecular flexibility index (Phi) is 5.26. The normalized spacial score (nSPS) is 11.9. The molecule has 0 spiro atoms. The van der Waals surface area contributed by atoms with Crippen molar-refractivity contribution in [3.8, 4) is 0 Å². The second-order valence-corrected chi connectivity index (χ2v) is 6.53. The zero-order valence-corrected chi connectivity index (χ0v) is 14.8. The van der Waals surface area contributed by atoms with Crippen molar-refractivity contribution in [1.82, 2.24) is 24.5 Å². The van der Waals surface area contributed by atoms with Gasteiger partial charge < -0.3 is 10.1 Å². The third kappa shape index (κ3) is 4.15. The predicted octanol–water partition coefficient (Wildman–Crippen LogP) is 1.96. The molecule has 2 aromatic heterocycles. The smallest absolute Gasteiger partial charge is 0.422 e. The van der Waals surface area contributed by atoms with Gasteiger partial charge in [0.2, 0.25) is 5.78 Å². The summed E-state index contributed by atoms with van der Waals surface area (Å²) in [7, 11) is 1.59. The fourth-order valence-corrected chi connectivity index (χ4v) is 3.19. The number of nitrogens with one attached hydrogen (secondary N) is 1. The van der Waals surface area contributed by atoms with Crippen LogP contribution in [0.25, 0.3) is 16.7 Å². The Labute approximate surface area is 154 Å². The maximum atomic E-state index is 12.4. The van der Waals surface area contributed by atoms with Gasteiger partial charge in [-0.25, -0.2) is 4.79 Å². The molecule has 0 saturated carbocycles. The summed E-state index contributed by atoms with van der Waals surface area (Å²) in [4.78, 5) is 23.6. The molecule has 1 N–H and O–H groups in total. The van der Waals surface area contributed by atoms with E-state index in [9.17, 15) is 22.8 Å². The van der Waals surface area contributed by atoms with Crippen molar-refractivity contribution in [2.45, 2.75) is 11.3 Å². The van der Waals surface area contributed by atoms with E-state index in [2.05, 4.69) is 20.3 Å². The van der Waals surface area contributed by atoms with E-state index in [1.165, 1.54) is 16.3 Å². The molecule has 0 unspecified atom stereocenters. The lowest BCUT2D eigenvalue weighted by molar-refractivity contribution is -0.160. The quantitative estimate of drug-likeness (QED) is 0.519. The number of fused-ring (bicyclic) bond motifs is 3. The molecule has 27 heavy (non-hydrogen) atoms. The first-order valence-corrected chi connectivity index (χ1v) is 8.69. The van der Waals surface area contributed by atoms with Crippen LogP contribution in [-0.4, -0.2) is 50.3 Å². The number of aryl methyl sites for hydroxylation is 1. The number of alkyl halides is 3. The van der Waals surface area contributed by atoms with Crippen LogP contribution in [-0.2, 0) is 11.8 Å². The molecule has 0 saturated heterocycles. The molecule has 144 valence electrons. The van der Waals surface area contributed by atoms with Crippen LogP contribution < -0.4 is 10.9 Å². The van der Waals surface area contributed by atoms with E-state index in [1.54, 1.807) is 35.7 Å². The number of halogens is 3. The second-order valence-electron chi connectivity index (χ2n) is 5.47. The Hall–Kier alpha value is -2.76. The summed E-state index contributed by atoms with van der Waals surface area (Å²) in [6.45, 7) is -1.57. The van der Waals surface area contributed by atoms with Crippen LogP contribution in [0.2, 0.25) is 0 Å².